The molecule has 3 heterocycles. The molecule has 0 unspecified atom stereocenters. The topological polar surface area (TPSA) is 77.5 Å². The Bertz CT molecular complexity index is 1020. The van der Waals surface area contributed by atoms with Gasteiger partial charge in [-0.05, 0) is 58.4 Å². The third-order valence-corrected chi connectivity index (χ3v) is 5.37. The van der Waals surface area contributed by atoms with E-state index in [1.165, 1.54) is 11.3 Å². The SMILES string of the molecule is COc1ccc(C(=O)Nc2nc(-c3ccco3)c(-c3ccco3)s2)cc1Br. The zero-order valence-electron chi connectivity index (χ0n) is 14.1. The van der Waals surface area contributed by atoms with Crippen molar-refractivity contribution in [1.29, 1.82) is 0 Å². The Balaban J connectivity index is 1.65. The van der Waals surface area contributed by atoms with Gasteiger partial charge in [-0.2, -0.15) is 0 Å². The number of furan rings is 2. The summed E-state index contributed by atoms with van der Waals surface area (Å²) in [6, 6.07) is 12.3. The summed E-state index contributed by atoms with van der Waals surface area (Å²) in [7, 11) is 1.57. The van der Waals surface area contributed by atoms with E-state index in [1.807, 2.05) is 12.1 Å². The summed E-state index contributed by atoms with van der Waals surface area (Å²) in [6.07, 6.45) is 3.17. The molecule has 27 heavy (non-hydrogen) atoms. The number of anilines is 1. The standard InChI is InChI=1S/C19H13BrN2O4S/c1-24-13-7-6-11(10-12(13)20)18(23)22-19-21-16(14-4-2-8-25-14)17(27-19)15-5-3-9-26-15/h2-10H,1H3,(H,21,22,23). The number of carbonyl (C=O) groups is 1. The van der Waals surface area contributed by atoms with Crippen LogP contribution >= 0.6 is 27.3 Å². The molecule has 4 rings (SSSR count). The second-order valence-corrected chi connectivity index (χ2v) is 7.31. The van der Waals surface area contributed by atoms with Crippen LogP contribution in [0.3, 0.4) is 0 Å². The summed E-state index contributed by atoms with van der Waals surface area (Å²) < 4.78 is 16.9. The molecule has 1 amide bonds. The summed E-state index contributed by atoms with van der Waals surface area (Å²) in [5.41, 5.74) is 1.10. The predicted octanol–water partition coefficient (Wildman–Crippen LogP) is 5.69. The van der Waals surface area contributed by atoms with Crippen molar-refractivity contribution in [3.63, 3.8) is 0 Å². The number of nitrogens with zero attached hydrogens (tertiary/aromatic N) is 1. The van der Waals surface area contributed by atoms with Crippen molar-refractivity contribution >= 4 is 38.3 Å². The summed E-state index contributed by atoms with van der Waals surface area (Å²) in [4.78, 5) is 17.9. The number of halogens is 1. The first-order valence-electron chi connectivity index (χ1n) is 7.89. The molecule has 0 radical (unpaired) electrons. The highest BCUT2D eigenvalue weighted by Gasteiger charge is 2.20. The van der Waals surface area contributed by atoms with Gasteiger partial charge in [-0.15, -0.1) is 0 Å². The van der Waals surface area contributed by atoms with E-state index < -0.39 is 0 Å². The normalized spacial score (nSPS) is 10.7. The average Bonchev–Trinajstić information content (AvgIpc) is 3.41. The van der Waals surface area contributed by atoms with Crippen molar-refractivity contribution in [3.8, 4) is 27.8 Å². The molecule has 0 aliphatic rings. The van der Waals surface area contributed by atoms with Crippen LogP contribution < -0.4 is 10.1 Å². The molecule has 0 atom stereocenters. The number of hydrogen-bond acceptors (Lipinski definition) is 6. The van der Waals surface area contributed by atoms with E-state index in [0.29, 0.717) is 38.1 Å². The number of benzene rings is 1. The van der Waals surface area contributed by atoms with Crippen molar-refractivity contribution in [2.24, 2.45) is 0 Å². The smallest absolute Gasteiger partial charge is 0.257 e. The van der Waals surface area contributed by atoms with Gasteiger partial charge in [0.05, 0.1) is 24.1 Å². The van der Waals surface area contributed by atoms with Crippen LogP contribution in [0.15, 0.2) is 68.3 Å². The maximum Gasteiger partial charge on any atom is 0.257 e. The van der Waals surface area contributed by atoms with E-state index >= 15 is 0 Å². The molecule has 0 aliphatic carbocycles. The molecule has 0 saturated carbocycles. The summed E-state index contributed by atoms with van der Waals surface area (Å²) >= 11 is 4.70. The van der Waals surface area contributed by atoms with Gasteiger partial charge in [0.1, 0.15) is 22.1 Å². The van der Waals surface area contributed by atoms with Crippen molar-refractivity contribution in [2.75, 3.05) is 12.4 Å². The van der Waals surface area contributed by atoms with Crippen molar-refractivity contribution in [2.45, 2.75) is 0 Å². The number of carbonyl (C=O) groups excluding carboxylic acids is 1. The molecule has 4 aromatic rings. The number of nitrogens with one attached hydrogen (secondary N) is 1. The van der Waals surface area contributed by atoms with Gasteiger partial charge >= 0.3 is 0 Å². The van der Waals surface area contributed by atoms with E-state index in [9.17, 15) is 4.79 Å². The lowest BCUT2D eigenvalue weighted by Crippen LogP contribution is -2.11. The molecule has 0 fully saturated rings. The predicted molar refractivity (Wildman–Crippen MR) is 106 cm³/mol. The third kappa shape index (κ3) is 3.54. The zero-order valence-corrected chi connectivity index (χ0v) is 16.5. The Hall–Kier alpha value is -2.84. The van der Waals surface area contributed by atoms with Crippen LogP contribution in [0.25, 0.3) is 22.1 Å². The molecule has 1 N–H and O–H groups in total. The average molecular weight is 445 g/mol. The number of methoxy groups -OCH3 is 1. The highest BCUT2D eigenvalue weighted by molar-refractivity contribution is 9.10. The van der Waals surface area contributed by atoms with E-state index in [2.05, 4.69) is 26.2 Å². The Morgan fingerprint density at radius 3 is 2.52 bits per heavy atom. The summed E-state index contributed by atoms with van der Waals surface area (Å²) in [6.45, 7) is 0. The molecule has 8 heteroatoms. The van der Waals surface area contributed by atoms with Crippen LogP contribution in [-0.4, -0.2) is 18.0 Å². The minimum atomic E-state index is -0.274. The number of rotatable bonds is 5. The fraction of sp³-hybridized carbons (Fsp3) is 0.0526. The first-order chi connectivity index (χ1) is 13.2. The molecule has 1 aromatic carbocycles. The fourth-order valence-electron chi connectivity index (χ4n) is 2.51. The molecular formula is C19H13BrN2O4S. The molecule has 3 aromatic heterocycles. The minimum absolute atomic E-state index is 0.274. The van der Waals surface area contributed by atoms with Gasteiger partial charge in [0.15, 0.2) is 10.9 Å². The maximum absolute atomic E-state index is 12.6. The van der Waals surface area contributed by atoms with Crippen LogP contribution in [0.2, 0.25) is 0 Å². The van der Waals surface area contributed by atoms with Crippen molar-refractivity contribution in [1.82, 2.24) is 4.98 Å². The molecular weight excluding hydrogens is 432 g/mol. The van der Waals surface area contributed by atoms with E-state index in [4.69, 9.17) is 13.6 Å². The van der Waals surface area contributed by atoms with E-state index in [-0.39, 0.29) is 5.91 Å². The third-order valence-electron chi connectivity index (χ3n) is 3.76. The fourth-order valence-corrected chi connectivity index (χ4v) is 3.98. The number of hydrogen-bond donors (Lipinski definition) is 1. The summed E-state index contributed by atoms with van der Waals surface area (Å²) in [5, 5.41) is 3.28. The largest absolute Gasteiger partial charge is 0.496 e. The van der Waals surface area contributed by atoms with Gasteiger partial charge in [-0.25, -0.2) is 4.98 Å². The molecule has 0 bridgehead atoms. The first kappa shape index (κ1) is 17.6. The Morgan fingerprint density at radius 1 is 1.15 bits per heavy atom. The Morgan fingerprint density at radius 2 is 1.89 bits per heavy atom. The molecule has 0 spiro atoms. The van der Waals surface area contributed by atoms with Gasteiger partial charge in [-0.3, -0.25) is 10.1 Å². The van der Waals surface area contributed by atoms with Crippen LogP contribution in [0.1, 0.15) is 10.4 Å². The van der Waals surface area contributed by atoms with Gasteiger partial charge in [-0.1, -0.05) is 11.3 Å². The van der Waals surface area contributed by atoms with Gasteiger partial charge in [0.25, 0.3) is 5.91 Å². The van der Waals surface area contributed by atoms with E-state index in [1.54, 1.807) is 50.0 Å². The van der Waals surface area contributed by atoms with Gasteiger partial charge in [0, 0.05) is 5.56 Å². The molecule has 6 nitrogen and oxygen atoms in total. The second kappa shape index (κ2) is 7.42. The van der Waals surface area contributed by atoms with Crippen molar-refractivity contribution < 1.29 is 18.4 Å². The number of aromatic nitrogens is 1. The lowest BCUT2D eigenvalue weighted by Gasteiger charge is -2.06. The highest BCUT2D eigenvalue weighted by atomic mass is 79.9. The second-order valence-electron chi connectivity index (χ2n) is 5.45. The maximum atomic E-state index is 12.6. The minimum Gasteiger partial charge on any atom is -0.496 e. The van der Waals surface area contributed by atoms with Gasteiger partial charge < -0.3 is 13.6 Å². The van der Waals surface area contributed by atoms with Crippen LogP contribution in [-0.2, 0) is 0 Å². The zero-order chi connectivity index (χ0) is 18.8. The quantitative estimate of drug-likeness (QED) is 0.427. The molecule has 0 saturated heterocycles. The molecule has 136 valence electrons. The Labute approximate surface area is 166 Å². The number of amides is 1. The monoisotopic (exact) mass is 444 g/mol. The lowest BCUT2D eigenvalue weighted by atomic mass is 10.2. The summed E-state index contributed by atoms with van der Waals surface area (Å²) in [5.74, 6) is 1.64. The number of thiazole rings is 1. The first-order valence-corrected chi connectivity index (χ1v) is 9.50. The van der Waals surface area contributed by atoms with Crippen molar-refractivity contribution in [3.05, 3.63) is 65.0 Å². The van der Waals surface area contributed by atoms with E-state index in [0.717, 1.165) is 4.88 Å². The van der Waals surface area contributed by atoms with Crippen LogP contribution in [0.4, 0.5) is 5.13 Å². The highest BCUT2D eigenvalue weighted by Crippen LogP contribution is 2.39. The van der Waals surface area contributed by atoms with Gasteiger partial charge in [0.2, 0.25) is 0 Å². The lowest BCUT2D eigenvalue weighted by molar-refractivity contribution is 0.102. The Kier molecular flexibility index (Phi) is 4.83. The molecule has 0 aliphatic heterocycles. The van der Waals surface area contributed by atoms with Crippen LogP contribution in [0, 0.1) is 0 Å². The van der Waals surface area contributed by atoms with Crippen LogP contribution in [0.5, 0.6) is 5.75 Å². The number of ether oxygens (including phenoxy) is 1.